The Morgan fingerprint density at radius 1 is 1.14 bits per heavy atom. The van der Waals surface area contributed by atoms with E-state index in [1.807, 2.05) is 13.8 Å². The summed E-state index contributed by atoms with van der Waals surface area (Å²) in [6.07, 6.45) is 7.78. The average molecular weight is 195 g/mol. The highest BCUT2D eigenvalue weighted by Gasteiger charge is 2.47. The molecule has 0 unspecified atom stereocenters. The highest BCUT2D eigenvalue weighted by molar-refractivity contribution is 5.79. The van der Waals surface area contributed by atoms with Gasteiger partial charge in [-0.1, -0.05) is 33.1 Å². The Bertz CT molecular complexity index is 228. The molecule has 14 heavy (non-hydrogen) atoms. The van der Waals surface area contributed by atoms with Gasteiger partial charge in [-0.2, -0.15) is 0 Å². The molecule has 2 aliphatic rings. The first-order valence-electron chi connectivity index (χ1n) is 5.97. The second-order valence-electron chi connectivity index (χ2n) is 5.18. The van der Waals surface area contributed by atoms with Crippen molar-refractivity contribution in [2.75, 3.05) is 6.54 Å². The van der Waals surface area contributed by atoms with E-state index in [9.17, 15) is 4.79 Å². The van der Waals surface area contributed by atoms with E-state index in [0.717, 1.165) is 6.54 Å². The summed E-state index contributed by atoms with van der Waals surface area (Å²) < 4.78 is 0. The molecule has 0 aromatic rings. The highest BCUT2D eigenvalue weighted by Crippen LogP contribution is 2.43. The third-order valence-corrected chi connectivity index (χ3v) is 3.92. The van der Waals surface area contributed by atoms with Crippen LogP contribution in [0.25, 0.3) is 0 Å². The summed E-state index contributed by atoms with van der Waals surface area (Å²) in [4.78, 5) is 14.1. The molecule has 2 nitrogen and oxygen atoms in total. The number of nitrogens with zero attached hydrogens (tertiary/aromatic N) is 1. The molecular formula is C12H21NO. The van der Waals surface area contributed by atoms with Crippen LogP contribution in [0.5, 0.6) is 0 Å². The van der Waals surface area contributed by atoms with Gasteiger partial charge in [0.05, 0.1) is 0 Å². The first-order valence-corrected chi connectivity index (χ1v) is 5.97. The largest absolute Gasteiger partial charge is 0.337 e. The number of likely N-dealkylation sites (tertiary alicyclic amines) is 1. The van der Waals surface area contributed by atoms with Crippen LogP contribution in [0.1, 0.15) is 52.4 Å². The van der Waals surface area contributed by atoms with E-state index < -0.39 is 0 Å². The van der Waals surface area contributed by atoms with E-state index >= 15 is 0 Å². The maximum Gasteiger partial charge on any atom is 0.225 e. The number of carbonyl (C=O) groups is 1. The van der Waals surface area contributed by atoms with Crippen LogP contribution in [0.4, 0.5) is 0 Å². The van der Waals surface area contributed by atoms with Gasteiger partial charge in [0.1, 0.15) is 0 Å². The van der Waals surface area contributed by atoms with Gasteiger partial charge in [-0.25, -0.2) is 0 Å². The monoisotopic (exact) mass is 195 g/mol. The number of amides is 1. The molecule has 2 fully saturated rings. The van der Waals surface area contributed by atoms with E-state index in [1.54, 1.807) is 0 Å². The van der Waals surface area contributed by atoms with E-state index in [2.05, 4.69) is 4.90 Å². The second-order valence-corrected chi connectivity index (χ2v) is 5.18. The van der Waals surface area contributed by atoms with Crippen LogP contribution in [0.15, 0.2) is 0 Å². The fraction of sp³-hybridized carbons (Fsp3) is 0.917. The summed E-state index contributed by atoms with van der Waals surface area (Å²) >= 11 is 0. The Hall–Kier alpha value is -0.530. The minimum absolute atomic E-state index is 0.175. The van der Waals surface area contributed by atoms with E-state index in [1.165, 1.54) is 38.5 Å². The molecule has 80 valence electrons. The van der Waals surface area contributed by atoms with E-state index in [-0.39, 0.29) is 5.92 Å². The molecule has 1 aliphatic carbocycles. The van der Waals surface area contributed by atoms with Crippen molar-refractivity contribution in [2.24, 2.45) is 5.92 Å². The zero-order valence-electron chi connectivity index (χ0n) is 9.38. The van der Waals surface area contributed by atoms with Crippen molar-refractivity contribution < 1.29 is 4.79 Å². The summed E-state index contributed by atoms with van der Waals surface area (Å²) in [6, 6.07) is 0. The quantitative estimate of drug-likeness (QED) is 0.629. The molecule has 0 aromatic heterocycles. The predicted octanol–water partition coefficient (Wildman–Crippen LogP) is 2.58. The van der Waals surface area contributed by atoms with Crippen molar-refractivity contribution in [3.8, 4) is 0 Å². The molecular weight excluding hydrogens is 174 g/mol. The standard InChI is InChI=1S/C12H21NO/c1-10(2)11(14)13-9-8-12(13)6-4-3-5-7-12/h10H,3-9H2,1-2H3. The Balaban J connectivity index is 2.03. The molecule has 2 rings (SSSR count). The number of hydrogen-bond donors (Lipinski definition) is 0. The zero-order valence-corrected chi connectivity index (χ0v) is 9.38. The molecule has 0 atom stereocenters. The molecule has 1 heterocycles. The molecule has 0 N–H and O–H groups in total. The van der Waals surface area contributed by atoms with Crippen molar-refractivity contribution >= 4 is 5.91 Å². The number of hydrogen-bond acceptors (Lipinski definition) is 1. The smallest absolute Gasteiger partial charge is 0.225 e. The van der Waals surface area contributed by atoms with Crippen LogP contribution >= 0.6 is 0 Å². The lowest BCUT2D eigenvalue weighted by Crippen LogP contribution is -2.63. The Kier molecular flexibility index (Phi) is 2.54. The van der Waals surface area contributed by atoms with Crippen LogP contribution in [0.2, 0.25) is 0 Å². The molecule has 1 saturated heterocycles. The average Bonchev–Trinajstić information content (AvgIpc) is 2.17. The lowest BCUT2D eigenvalue weighted by molar-refractivity contribution is -0.154. The van der Waals surface area contributed by atoms with Crippen LogP contribution in [0.3, 0.4) is 0 Å². The zero-order chi connectivity index (χ0) is 10.2. The second kappa shape index (κ2) is 3.56. The molecule has 0 aromatic carbocycles. The van der Waals surface area contributed by atoms with Crippen molar-refractivity contribution in [2.45, 2.75) is 57.9 Å². The topological polar surface area (TPSA) is 20.3 Å². The van der Waals surface area contributed by atoms with Gasteiger partial charge in [0, 0.05) is 18.0 Å². The Morgan fingerprint density at radius 2 is 1.79 bits per heavy atom. The van der Waals surface area contributed by atoms with Gasteiger partial charge in [-0.3, -0.25) is 4.79 Å². The molecule has 1 saturated carbocycles. The van der Waals surface area contributed by atoms with Crippen molar-refractivity contribution in [1.82, 2.24) is 4.90 Å². The van der Waals surface area contributed by atoms with Crippen molar-refractivity contribution in [3.63, 3.8) is 0 Å². The summed E-state index contributed by atoms with van der Waals surface area (Å²) in [6.45, 7) is 5.03. The fourth-order valence-electron chi connectivity index (χ4n) is 2.93. The normalized spacial score (nSPS) is 25.2. The minimum atomic E-state index is 0.175. The van der Waals surface area contributed by atoms with Crippen molar-refractivity contribution in [1.29, 1.82) is 0 Å². The molecule has 1 spiro atoms. The van der Waals surface area contributed by atoms with Gasteiger partial charge in [-0.15, -0.1) is 0 Å². The first-order chi connectivity index (χ1) is 6.66. The lowest BCUT2D eigenvalue weighted by atomic mass is 9.72. The molecule has 0 radical (unpaired) electrons. The Labute approximate surface area is 86.7 Å². The fourth-order valence-corrected chi connectivity index (χ4v) is 2.93. The predicted molar refractivity (Wildman–Crippen MR) is 57.0 cm³/mol. The third-order valence-electron chi connectivity index (χ3n) is 3.92. The Morgan fingerprint density at radius 3 is 2.21 bits per heavy atom. The van der Waals surface area contributed by atoms with Crippen molar-refractivity contribution in [3.05, 3.63) is 0 Å². The summed E-state index contributed by atoms with van der Waals surface area (Å²) in [5, 5.41) is 0. The van der Waals surface area contributed by atoms with E-state index in [4.69, 9.17) is 0 Å². The molecule has 0 bridgehead atoms. The van der Waals surface area contributed by atoms with Gasteiger partial charge in [0.2, 0.25) is 5.91 Å². The molecule has 2 heteroatoms. The highest BCUT2D eigenvalue weighted by atomic mass is 16.2. The summed E-state index contributed by atoms with van der Waals surface area (Å²) in [7, 11) is 0. The summed E-state index contributed by atoms with van der Waals surface area (Å²) in [5.41, 5.74) is 0.305. The van der Waals surface area contributed by atoms with E-state index in [0.29, 0.717) is 11.4 Å². The maximum atomic E-state index is 11.9. The van der Waals surface area contributed by atoms with Gasteiger partial charge in [0.15, 0.2) is 0 Å². The third kappa shape index (κ3) is 1.45. The number of rotatable bonds is 1. The van der Waals surface area contributed by atoms with Gasteiger partial charge < -0.3 is 4.90 Å². The minimum Gasteiger partial charge on any atom is -0.337 e. The van der Waals surface area contributed by atoms with Gasteiger partial charge in [0.25, 0.3) is 0 Å². The van der Waals surface area contributed by atoms with Crippen LogP contribution < -0.4 is 0 Å². The maximum absolute atomic E-state index is 11.9. The summed E-state index contributed by atoms with van der Waals surface area (Å²) in [5.74, 6) is 0.548. The van der Waals surface area contributed by atoms with Crippen LogP contribution in [-0.4, -0.2) is 22.9 Å². The molecule has 1 aliphatic heterocycles. The van der Waals surface area contributed by atoms with Crippen LogP contribution in [-0.2, 0) is 4.79 Å². The number of carbonyl (C=O) groups excluding carboxylic acids is 1. The SMILES string of the molecule is CC(C)C(=O)N1CCC12CCCCC2. The molecule has 1 amide bonds. The van der Waals surface area contributed by atoms with Gasteiger partial charge >= 0.3 is 0 Å². The lowest BCUT2D eigenvalue weighted by Gasteiger charge is -2.55. The van der Waals surface area contributed by atoms with Gasteiger partial charge in [-0.05, 0) is 19.3 Å². The first kappa shape index (κ1) is 10.0. The van der Waals surface area contributed by atoms with Crippen LogP contribution in [0, 0.1) is 5.92 Å².